The molecule has 0 saturated heterocycles. The zero-order chi connectivity index (χ0) is 15.2. The molecule has 4 nitrogen and oxygen atoms in total. The van der Waals surface area contributed by atoms with Crippen molar-refractivity contribution in [2.24, 2.45) is 0 Å². The van der Waals surface area contributed by atoms with Gasteiger partial charge in [0.15, 0.2) is 5.78 Å². The summed E-state index contributed by atoms with van der Waals surface area (Å²) < 4.78 is 16.9. The molecule has 2 aromatic rings. The van der Waals surface area contributed by atoms with Gasteiger partial charge in [0.1, 0.15) is 6.42 Å². The molecule has 1 unspecified atom stereocenters. The van der Waals surface area contributed by atoms with E-state index in [0.29, 0.717) is 4.90 Å². The highest BCUT2D eigenvalue weighted by Crippen LogP contribution is 2.18. The number of hydrogen-bond acceptors (Lipinski definition) is 4. The lowest BCUT2D eigenvalue weighted by molar-refractivity contribution is -0.145. The van der Waals surface area contributed by atoms with E-state index < -0.39 is 16.8 Å². The summed E-state index contributed by atoms with van der Waals surface area (Å²) in [5, 5.41) is 2.03. The Labute approximate surface area is 125 Å². The van der Waals surface area contributed by atoms with Crippen molar-refractivity contribution < 1.29 is 18.5 Å². The maximum Gasteiger partial charge on any atom is 0.313 e. The van der Waals surface area contributed by atoms with Crippen LogP contribution in [0.2, 0.25) is 0 Å². The topological polar surface area (TPSA) is 60.4 Å². The molecule has 2 rings (SSSR count). The Morgan fingerprint density at radius 3 is 2.52 bits per heavy atom. The van der Waals surface area contributed by atoms with Gasteiger partial charge in [-0.25, -0.2) is 0 Å². The number of ketones is 1. The van der Waals surface area contributed by atoms with Gasteiger partial charge >= 0.3 is 5.97 Å². The number of ether oxygens (including phenoxy) is 1. The summed E-state index contributed by atoms with van der Waals surface area (Å²) >= 11 is 0. The smallest absolute Gasteiger partial charge is 0.313 e. The largest absolute Gasteiger partial charge is 0.466 e. The quantitative estimate of drug-likeness (QED) is 0.607. The Morgan fingerprint density at radius 1 is 1.10 bits per heavy atom. The zero-order valence-corrected chi connectivity index (χ0v) is 12.5. The van der Waals surface area contributed by atoms with Crippen LogP contribution in [0.4, 0.5) is 0 Å². The second-order valence-corrected chi connectivity index (χ2v) is 5.97. The van der Waals surface area contributed by atoms with E-state index in [2.05, 4.69) is 0 Å². The van der Waals surface area contributed by atoms with E-state index in [9.17, 15) is 13.8 Å². The first kappa shape index (κ1) is 15.4. The first-order chi connectivity index (χ1) is 10.1. The molecule has 110 valence electrons. The Kier molecular flexibility index (Phi) is 5.22. The zero-order valence-electron chi connectivity index (χ0n) is 11.7. The van der Waals surface area contributed by atoms with E-state index in [1.807, 2.05) is 36.4 Å². The maximum atomic E-state index is 12.2. The molecule has 0 amide bonds. The summed E-state index contributed by atoms with van der Waals surface area (Å²) in [5.41, 5.74) is 0. The van der Waals surface area contributed by atoms with Crippen LogP contribution in [-0.4, -0.2) is 28.3 Å². The minimum Gasteiger partial charge on any atom is -0.466 e. The van der Waals surface area contributed by atoms with Crippen molar-refractivity contribution in [3.05, 3.63) is 42.5 Å². The Bertz CT molecular complexity index is 693. The van der Waals surface area contributed by atoms with Gasteiger partial charge in [0, 0.05) is 4.90 Å². The molecule has 0 fully saturated rings. The van der Waals surface area contributed by atoms with Crippen LogP contribution >= 0.6 is 0 Å². The molecule has 0 heterocycles. The summed E-state index contributed by atoms with van der Waals surface area (Å²) in [7, 11) is -1.45. The van der Waals surface area contributed by atoms with Crippen molar-refractivity contribution in [1.82, 2.24) is 0 Å². The first-order valence-corrected chi connectivity index (χ1v) is 7.96. The van der Waals surface area contributed by atoms with E-state index in [1.54, 1.807) is 13.0 Å². The number of benzene rings is 2. The highest BCUT2D eigenvalue weighted by molar-refractivity contribution is 7.85. The second-order valence-electron chi connectivity index (χ2n) is 4.52. The lowest BCUT2D eigenvalue weighted by Crippen LogP contribution is -2.17. The molecule has 0 saturated carbocycles. The molecule has 0 radical (unpaired) electrons. The van der Waals surface area contributed by atoms with Gasteiger partial charge in [-0.3, -0.25) is 13.8 Å². The summed E-state index contributed by atoms with van der Waals surface area (Å²) in [6, 6.07) is 13.2. The van der Waals surface area contributed by atoms with Gasteiger partial charge in [-0.2, -0.15) is 0 Å². The third-order valence-electron chi connectivity index (χ3n) is 2.92. The van der Waals surface area contributed by atoms with Gasteiger partial charge in [-0.1, -0.05) is 30.3 Å². The highest BCUT2D eigenvalue weighted by atomic mass is 32.2. The number of esters is 1. The summed E-state index contributed by atoms with van der Waals surface area (Å²) in [6.45, 7) is 1.91. The highest BCUT2D eigenvalue weighted by Gasteiger charge is 2.15. The van der Waals surface area contributed by atoms with E-state index in [4.69, 9.17) is 4.74 Å². The molecule has 0 aromatic heterocycles. The lowest BCUT2D eigenvalue weighted by atomic mass is 10.1. The van der Waals surface area contributed by atoms with Crippen LogP contribution < -0.4 is 0 Å². The van der Waals surface area contributed by atoms with Crippen LogP contribution in [0.15, 0.2) is 47.4 Å². The van der Waals surface area contributed by atoms with E-state index in [1.165, 1.54) is 0 Å². The predicted octanol–water partition coefficient (Wildman–Crippen LogP) is 2.47. The molecular formula is C16H16O4S. The fraction of sp³-hybridized carbons (Fsp3) is 0.250. The van der Waals surface area contributed by atoms with Crippen LogP contribution in [0, 0.1) is 0 Å². The number of Topliss-reactive ketones (excluding diaryl/α,β-unsaturated/α-hetero) is 1. The van der Waals surface area contributed by atoms with Gasteiger partial charge in [0.25, 0.3) is 0 Å². The van der Waals surface area contributed by atoms with Crippen molar-refractivity contribution >= 4 is 33.3 Å². The second kappa shape index (κ2) is 7.13. The molecule has 0 aliphatic carbocycles. The average Bonchev–Trinajstić information content (AvgIpc) is 2.46. The van der Waals surface area contributed by atoms with Crippen LogP contribution in [0.3, 0.4) is 0 Å². The number of rotatable bonds is 6. The molecule has 21 heavy (non-hydrogen) atoms. The number of hydrogen-bond donors (Lipinski definition) is 0. The number of fused-ring (bicyclic) bond motifs is 1. The first-order valence-electron chi connectivity index (χ1n) is 6.64. The van der Waals surface area contributed by atoms with Gasteiger partial charge in [-0.05, 0) is 29.8 Å². The third kappa shape index (κ3) is 4.23. The van der Waals surface area contributed by atoms with Crippen molar-refractivity contribution in [2.75, 3.05) is 12.4 Å². The minimum atomic E-state index is -1.45. The molecule has 0 N–H and O–H groups in total. The minimum absolute atomic E-state index is 0.169. The van der Waals surface area contributed by atoms with E-state index in [0.717, 1.165) is 10.8 Å². The van der Waals surface area contributed by atoms with Gasteiger partial charge in [0.05, 0.1) is 23.2 Å². The van der Waals surface area contributed by atoms with Crippen molar-refractivity contribution in [2.45, 2.75) is 18.2 Å². The molecule has 0 bridgehead atoms. The normalized spacial score (nSPS) is 12.0. The number of carbonyl (C=O) groups is 2. The standard InChI is InChI=1S/C16H16O4S/c1-2-20-16(18)10-14(17)11-21(19)15-8-7-12-5-3-4-6-13(12)9-15/h3-9H,2,10-11H2,1H3. The monoisotopic (exact) mass is 304 g/mol. The van der Waals surface area contributed by atoms with Gasteiger partial charge in [0.2, 0.25) is 0 Å². The Morgan fingerprint density at radius 2 is 1.81 bits per heavy atom. The summed E-state index contributed by atoms with van der Waals surface area (Å²) in [4.78, 5) is 23.5. The van der Waals surface area contributed by atoms with Crippen LogP contribution in [0.5, 0.6) is 0 Å². The molecule has 0 spiro atoms. The third-order valence-corrected chi connectivity index (χ3v) is 4.29. The fourth-order valence-electron chi connectivity index (χ4n) is 1.96. The van der Waals surface area contributed by atoms with E-state index in [-0.39, 0.29) is 24.6 Å². The summed E-state index contributed by atoms with van der Waals surface area (Å²) in [5.74, 6) is -1.12. The predicted molar refractivity (Wildman–Crippen MR) is 81.5 cm³/mol. The summed E-state index contributed by atoms with van der Waals surface area (Å²) in [6.07, 6.45) is -0.326. The van der Waals surface area contributed by atoms with Crippen LogP contribution in [0.1, 0.15) is 13.3 Å². The molecule has 1 atom stereocenters. The van der Waals surface area contributed by atoms with Crippen LogP contribution in [0.25, 0.3) is 10.8 Å². The molecular weight excluding hydrogens is 288 g/mol. The van der Waals surface area contributed by atoms with Crippen molar-refractivity contribution in [3.63, 3.8) is 0 Å². The maximum absolute atomic E-state index is 12.2. The molecule has 0 aliphatic rings. The van der Waals surface area contributed by atoms with E-state index >= 15 is 0 Å². The van der Waals surface area contributed by atoms with Crippen LogP contribution in [-0.2, 0) is 25.1 Å². The molecule has 0 aliphatic heterocycles. The molecule has 2 aromatic carbocycles. The Hall–Kier alpha value is -2.01. The average molecular weight is 304 g/mol. The van der Waals surface area contributed by atoms with Crippen molar-refractivity contribution in [3.8, 4) is 0 Å². The number of carbonyl (C=O) groups excluding carboxylic acids is 2. The van der Waals surface area contributed by atoms with Gasteiger partial charge in [-0.15, -0.1) is 0 Å². The van der Waals surface area contributed by atoms with Crippen molar-refractivity contribution in [1.29, 1.82) is 0 Å². The Balaban J connectivity index is 2.04. The molecule has 5 heteroatoms. The van der Waals surface area contributed by atoms with Gasteiger partial charge < -0.3 is 4.74 Å². The lowest BCUT2D eigenvalue weighted by Gasteiger charge is -2.04. The SMILES string of the molecule is CCOC(=O)CC(=O)CS(=O)c1ccc2ccccc2c1. The fourth-order valence-corrected chi connectivity index (χ4v) is 3.00.